The fraction of sp³-hybridized carbons (Fsp3) is 0.611. The average Bonchev–Trinajstić information content (AvgIpc) is 2.57. The minimum atomic E-state index is 0.0506. The van der Waals surface area contributed by atoms with Crippen molar-refractivity contribution in [3.63, 3.8) is 0 Å². The van der Waals surface area contributed by atoms with E-state index in [1.165, 1.54) is 5.56 Å². The molecule has 0 saturated carbocycles. The van der Waals surface area contributed by atoms with Crippen LogP contribution in [0.3, 0.4) is 0 Å². The van der Waals surface area contributed by atoms with Gasteiger partial charge in [0.05, 0.1) is 0 Å². The van der Waals surface area contributed by atoms with Gasteiger partial charge in [-0.2, -0.15) is 0 Å². The quantitative estimate of drug-likeness (QED) is 0.836. The van der Waals surface area contributed by atoms with Gasteiger partial charge >= 0.3 is 6.03 Å². The zero-order chi connectivity index (χ0) is 16.5. The van der Waals surface area contributed by atoms with E-state index in [4.69, 9.17) is 4.74 Å². The number of nitrogens with zero attached hydrogens (tertiary/aromatic N) is 2. The fourth-order valence-corrected chi connectivity index (χ4v) is 2.81. The van der Waals surface area contributed by atoms with Gasteiger partial charge in [0.1, 0.15) is 0 Å². The maximum absolute atomic E-state index is 12.6. The van der Waals surface area contributed by atoms with Crippen LogP contribution in [0.1, 0.15) is 18.4 Å². The molecular formula is C18H29N3O2. The lowest BCUT2D eigenvalue weighted by Crippen LogP contribution is -2.50. The normalized spacial score (nSPS) is 15.6. The minimum absolute atomic E-state index is 0.0506. The molecule has 0 unspecified atom stereocenters. The van der Waals surface area contributed by atoms with Gasteiger partial charge in [-0.05, 0) is 38.9 Å². The molecule has 23 heavy (non-hydrogen) atoms. The topological polar surface area (TPSA) is 44.8 Å². The first-order valence-corrected chi connectivity index (χ1v) is 8.47. The molecule has 1 heterocycles. The molecule has 5 heteroatoms. The van der Waals surface area contributed by atoms with Crippen LogP contribution in [0.15, 0.2) is 30.3 Å². The third kappa shape index (κ3) is 6.20. The van der Waals surface area contributed by atoms with Gasteiger partial charge in [0, 0.05) is 38.9 Å². The number of amides is 2. The molecule has 5 nitrogen and oxygen atoms in total. The van der Waals surface area contributed by atoms with Crippen LogP contribution < -0.4 is 5.32 Å². The van der Waals surface area contributed by atoms with Gasteiger partial charge in [-0.3, -0.25) is 0 Å². The van der Waals surface area contributed by atoms with Gasteiger partial charge in [-0.25, -0.2) is 4.79 Å². The Bertz CT molecular complexity index is 459. The van der Waals surface area contributed by atoms with Crippen molar-refractivity contribution in [2.75, 3.05) is 46.9 Å². The van der Waals surface area contributed by atoms with Crippen LogP contribution in [0, 0.1) is 0 Å². The van der Waals surface area contributed by atoms with E-state index in [1.54, 1.807) is 0 Å². The molecule has 0 atom stereocenters. The van der Waals surface area contributed by atoms with Crippen molar-refractivity contribution in [1.29, 1.82) is 0 Å². The minimum Gasteiger partial charge on any atom is -0.381 e. The summed E-state index contributed by atoms with van der Waals surface area (Å²) in [4.78, 5) is 16.7. The number of urea groups is 1. The van der Waals surface area contributed by atoms with E-state index in [1.807, 2.05) is 37.2 Å². The summed E-state index contributed by atoms with van der Waals surface area (Å²) in [5.41, 5.74) is 1.25. The van der Waals surface area contributed by atoms with E-state index < -0.39 is 0 Å². The molecule has 128 valence electrons. The van der Waals surface area contributed by atoms with Gasteiger partial charge in [0.2, 0.25) is 0 Å². The van der Waals surface area contributed by atoms with E-state index in [0.717, 1.165) is 45.6 Å². The van der Waals surface area contributed by atoms with Crippen LogP contribution in [0.5, 0.6) is 0 Å². The second kappa shape index (κ2) is 9.53. The van der Waals surface area contributed by atoms with Gasteiger partial charge in [0.15, 0.2) is 0 Å². The SMILES string of the molecule is CN(C)CCN(C(=O)NCCc1ccccc1)C1CCOCC1. The smallest absolute Gasteiger partial charge is 0.317 e. The molecule has 1 aromatic carbocycles. The van der Waals surface area contributed by atoms with Crippen LogP contribution in [-0.4, -0.2) is 68.8 Å². The lowest BCUT2D eigenvalue weighted by molar-refractivity contribution is 0.0444. The maximum Gasteiger partial charge on any atom is 0.317 e. The van der Waals surface area contributed by atoms with E-state index in [0.29, 0.717) is 12.6 Å². The summed E-state index contributed by atoms with van der Waals surface area (Å²) >= 11 is 0. The third-order valence-electron chi connectivity index (χ3n) is 4.21. The molecule has 0 aliphatic carbocycles. The monoisotopic (exact) mass is 319 g/mol. The molecule has 1 fully saturated rings. The first-order valence-electron chi connectivity index (χ1n) is 8.47. The predicted octanol–water partition coefficient (Wildman–Crippen LogP) is 1.98. The standard InChI is InChI=1S/C18H29N3O2/c1-20(2)12-13-21(17-9-14-23-15-10-17)18(22)19-11-8-16-6-4-3-5-7-16/h3-7,17H,8-15H2,1-2H3,(H,19,22). The molecular weight excluding hydrogens is 290 g/mol. The lowest BCUT2D eigenvalue weighted by atomic mass is 10.1. The molecule has 2 rings (SSSR count). The Hall–Kier alpha value is -1.59. The molecule has 2 amide bonds. The van der Waals surface area contributed by atoms with Crippen LogP contribution in [0.4, 0.5) is 4.79 Å². The Morgan fingerprint density at radius 3 is 2.52 bits per heavy atom. The van der Waals surface area contributed by atoms with Gasteiger partial charge in [0.25, 0.3) is 0 Å². The summed E-state index contributed by atoms with van der Waals surface area (Å²) in [5, 5.41) is 3.08. The van der Waals surface area contributed by atoms with Gasteiger partial charge < -0.3 is 19.9 Å². The van der Waals surface area contributed by atoms with Crippen molar-refractivity contribution < 1.29 is 9.53 Å². The summed E-state index contributed by atoms with van der Waals surface area (Å²) in [6, 6.07) is 10.6. The highest BCUT2D eigenvalue weighted by atomic mass is 16.5. The summed E-state index contributed by atoms with van der Waals surface area (Å²) in [6.07, 6.45) is 2.72. The Morgan fingerprint density at radius 1 is 1.17 bits per heavy atom. The lowest BCUT2D eigenvalue weighted by Gasteiger charge is -2.35. The molecule has 0 bridgehead atoms. The summed E-state index contributed by atoms with van der Waals surface area (Å²) in [7, 11) is 4.07. The number of carbonyl (C=O) groups excluding carboxylic acids is 1. The molecule has 1 saturated heterocycles. The molecule has 0 radical (unpaired) electrons. The molecule has 1 aliphatic rings. The number of benzene rings is 1. The van der Waals surface area contributed by atoms with Crippen LogP contribution in [0.2, 0.25) is 0 Å². The summed E-state index contributed by atoms with van der Waals surface area (Å²) in [5.74, 6) is 0. The zero-order valence-electron chi connectivity index (χ0n) is 14.3. The molecule has 0 spiro atoms. The molecule has 0 aromatic heterocycles. The Morgan fingerprint density at radius 2 is 1.87 bits per heavy atom. The average molecular weight is 319 g/mol. The second-order valence-corrected chi connectivity index (χ2v) is 6.31. The number of carbonyl (C=O) groups is 1. The fourth-order valence-electron chi connectivity index (χ4n) is 2.81. The van der Waals surface area contributed by atoms with Gasteiger partial charge in [-0.15, -0.1) is 0 Å². The van der Waals surface area contributed by atoms with E-state index in [2.05, 4.69) is 22.3 Å². The first kappa shape index (κ1) is 17.8. The number of rotatable bonds is 7. The Balaban J connectivity index is 1.84. The highest BCUT2D eigenvalue weighted by Gasteiger charge is 2.25. The predicted molar refractivity (Wildman–Crippen MR) is 92.6 cm³/mol. The number of ether oxygens (including phenoxy) is 1. The Labute approximate surface area is 139 Å². The first-order chi connectivity index (χ1) is 11.2. The van der Waals surface area contributed by atoms with E-state index >= 15 is 0 Å². The van der Waals surface area contributed by atoms with Crippen molar-refractivity contribution in [1.82, 2.24) is 15.1 Å². The van der Waals surface area contributed by atoms with Crippen molar-refractivity contribution >= 4 is 6.03 Å². The van der Waals surface area contributed by atoms with E-state index in [9.17, 15) is 4.79 Å². The third-order valence-corrected chi connectivity index (χ3v) is 4.21. The number of hydrogen-bond donors (Lipinski definition) is 1. The molecule has 1 N–H and O–H groups in total. The van der Waals surface area contributed by atoms with Crippen LogP contribution in [-0.2, 0) is 11.2 Å². The summed E-state index contributed by atoms with van der Waals surface area (Å²) < 4.78 is 5.43. The number of likely N-dealkylation sites (N-methyl/N-ethyl adjacent to an activating group) is 1. The molecule has 1 aromatic rings. The van der Waals surface area contributed by atoms with Crippen molar-refractivity contribution in [2.45, 2.75) is 25.3 Å². The van der Waals surface area contributed by atoms with E-state index in [-0.39, 0.29) is 6.03 Å². The summed E-state index contributed by atoms with van der Waals surface area (Å²) in [6.45, 7) is 3.81. The highest BCUT2D eigenvalue weighted by Crippen LogP contribution is 2.14. The second-order valence-electron chi connectivity index (χ2n) is 6.31. The number of hydrogen-bond acceptors (Lipinski definition) is 3. The van der Waals surface area contributed by atoms with Crippen LogP contribution >= 0.6 is 0 Å². The van der Waals surface area contributed by atoms with Gasteiger partial charge in [-0.1, -0.05) is 30.3 Å². The van der Waals surface area contributed by atoms with Crippen molar-refractivity contribution in [3.8, 4) is 0 Å². The maximum atomic E-state index is 12.6. The number of nitrogens with one attached hydrogen (secondary N) is 1. The highest BCUT2D eigenvalue weighted by molar-refractivity contribution is 5.74. The zero-order valence-corrected chi connectivity index (χ0v) is 14.3. The van der Waals surface area contributed by atoms with Crippen LogP contribution in [0.25, 0.3) is 0 Å². The Kier molecular flexibility index (Phi) is 7.36. The largest absolute Gasteiger partial charge is 0.381 e. The van der Waals surface area contributed by atoms with Crippen molar-refractivity contribution in [2.24, 2.45) is 0 Å². The van der Waals surface area contributed by atoms with Crippen molar-refractivity contribution in [3.05, 3.63) is 35.9 Å². The molecule has 1 aliphatic heterocycles.